The zero-order valence-corrected chi connectivity index (χ0v) is 19.1. The van der Waals surface area contributed by atoms with Gasteiger partial charge in [0, 0.05) is 18.0 Å². The Hall–Kier alpha value is -3.43. The second kappa shape index (κ2) is 8.11. The third kappa shape index (κ3) is 3.19. The van der Waals surface area contributed by atoms with Crippen molar-refractivity contribution in [1.29, 1.82) is 0 Å². The number of para-hydroxylation sites is 1. The van der Waals surface area contributed by atoms with E-state index in [0.29, 0.717) is 22.0 Å². The van der Waals surface area contributed by atoms with Gasteiger partial charge in [-0.05, 0) is 30.2 Å². The number of amides is 4. The van der Waals surface area contributed by atoms with E-state index in [1.807, 2.05) is 0 Å². The third-order valence-electron chi connectivity index (χ3n) is 6.99. The van der Waals surface area contributed by atoms with E-state index in [0.717, 1.165) is 5.56 Å². The molecule has 176 valence electrons. The Kier molecular flexibility index (Phi) is 5.33. The van der Waals surface area contributed by atoms with E-state index in [9.17, 15) is 19.2 Å². The minimum absolute atomic E-state index is 0.0148. The van der Waals surface area contributed by atoms with E-state index in [4.69, 9.17) is 22.1 Å². The fourth-order valence-electron chi connectivity index (χ4n) is 5.47. The van der Waals surface area contributed by atoms with Crippen LogP contribution in [0.3, 0.4) is 0 Å². The Balaban J connectivity index is 1.56. The number of hydrogen-bond donors (Lipinski definition) is 3. The van der Waals surface area contributed by atoms with Gasteiger partial charge in [0.15, 0.2) is 0 Å². The van der Waals surface area contributed by atoms with Crippen molar-refractivity contribution in [3.63, 3.8) is 0 Å². The summed E-state index contributed by atoms with van der Waals surface area (Å²) in [6.45, 7) is 0.0668. The summed E-state index contributed by atoms with van der Waals surface area (Å²) in [6, 6.07) is 11.5. The van der Waals surface area contributed by atoms with Gasteiger partial charge in [-0.2, -0.15) is 0 Å². The molecule has 0 aliphatic carbocycles. The maximum Gasteiger partial charge on any atom is 0.250 e. The predicted molar refractivity (Wildman–Crippen MR) is 123 cm³/mol. The molecule has 1 spiro atoms. The van der Waals surface area contributed by atoms with Crippen LogP contribution in [0.1, 0.15) is 24.0 Å². The highest BCUT2D eigenvalue weighted by atomic mass is 35.5. The summed E-state index contributed by atoms with van der Waals surface area (Å²) in [5.41, 5.74) is 5.58. The SMILES string of the molecule is COc1ccc(CN2C(=O)[C@H]3[C@@H](C2=O)[C@@]2(N[C@@H]3CCC(N)=O)C(=O)Nc3c(Cl)cccc32)cc1. The van der Waals surface area contributed by atoms with Crippen molar-refractivity contribution in [2.75, 3.05) is 12.4 Å². The number of rotatable bonds is 6. The molecule has 2 aromatic rings. The summed E-state index contributed by atoms with van der Waals surface area (Å²) in [5, 5.41) is 6.38. The minimum atomic E-state index is -1.46. The van der Waals surface area contributed by atoms with Gasteiger partial charge < -0.3 is 15.8 Å². The fraction of sp³-hybridized carbons (Fsp3) is 0.333. The lowest BCUT2D eigenvalue weighted by Gasteiger charge is -2.29. The van der Waals surface area contributed by atoms with Crippen molar-refractivity contribution >= 4 is 40.9 Å². The number of imide groups is 1. The first-order valence-electron chi connectivity index (χ1n) is 10.9. The van der Waals surface area contributed by atoms with Gasteiger partial charge >= 0.3 is 0 Å². The first-order chi connectivity index (χ1) is 16.3. The predicted octanol–water partition coefficient (Wildman–Crippen LogP) is 1.53. The highest BCUT2D eigenvalue weighted by molar-refractivity contribution is 6.35. The molecule has 0 saturated carbocycles. The van der Waals surface area contributed by atoms with E-state index < -0.39 is 41.1 Å². The largest absolute Gasteiger partial charge is 0.497 e. The summed E-state index contributed by atoms with van der Waals surface area (Å²) in [6.07, 6.45) is 0.234. The van der Waals surface area contributed by atoms with Gasteiger partial charge in [0.1, 0.15) is 11.3 Å². The van der Waals surface area contributed by atoms with Gasteiger partial charge in [0.25, 0.3) is 0 Å². The van der Waals surface area contributed by atoms with Crippen LogP contribution in [-0.4, -0.2) is 41.7 Å². The maximum atomic E-state index is 13.7. The van der Waals surface area contributed by atoms with E-state index in [1.165, 1.54) is 4.90 Å². The monoisotopic (exact) mass is 482 g/mol. The lowest BCUT2D eigenvalue weighted by molar-refractivity contribution is -0.143. The molecule has 9 nitrogen and oxygen atoms in total. The van der Waals surface area contributed by atoms with Crippen LogP contribution in [0.15, 0.2) is 42.5 Å². The molecule has 3 heterocycles. The van der Waals surface area contributed by atoms with Gasteiger partial charge in [-0.25, -0.2) is 0 Å². The summed E-state index contributed by atoms with van der Waals surface area (Å²) in [7, 11) is 1.55. The molecule has 3 aliphatic heterocycles. The van der Waals surface area contributed by atoms with Crippen molar-refractivity contribution in [3.05, 3.63) is 58.6 Å². The number of nitrogens with two attached hydrogens (primary N) is 1. The van der Waals surface area contributed by atoms with E-state index in [1.54, 1.807) is 49.6 Å². The molecule has 2 fully saturated rings. The molecule has 2 saturated heterocycles. The lowest BCUT2D eigenvalue weighted by atomic mass is 9.76. The molecule has 0 radical (unpaired) electrons. The summed E-state index contributed by atoms with van der Waals surface area (Å²) in [5.74, 6) is -2.93. The Morgan fingerprint density at radius 2 is 1.88 bits per heavy atom. The van der Waals surface area contributed by atoms with Gasteiger partial charge in [0.2, 0.25) is 23.6 Å². The lowest BCUT2D eigenvalue weighted by Crippen LogP contribution is -2.53. The Morgan fingerprint density at radius 3 is 2.56 bits per heavy atom. The number of nitrogens with one attached hydrogen (secondary N) is 2. The summed E-state index contributed by atoms with van der Waals surface area (Å²) in [4.78, 5) is 53.4. The number of carbonyl (C=O) groups excluding carboxylic acids is 4. The first-order valence-corrected chi connectivity index (χ1v) is 11.3. The zero-order chi connectivity index (χ0) is 24.2. The average Bonchev–Trinajstić information content (AvgIpc) is 3.40. The van der Waals surface area contributed by atoms with Crippen LogP contribution in [0.25, 0.3) is 0 Å². The second-order valence-electron chi connectivity index (χ2n) is 8.79. The maximum absolute atomic E-state index is 13.7. The van der Waals surface area contributed by atoms with Gasteiger partial charge in [-0.15, -0.1) is 0 Å². The van der Waals surface area contributed by atoms with Gasteiger partial charge in [-0.1, -0.05) is 35.9 Å². The normalized spacial score (nSPS) is 27.2. The minimum Gasteiger partial charge on any atom is -0.497 e. The average molecular weight is 483 g/mol. The van der Waals surface area contributed by atoms with Gasteiger partial charge in [0.05, 0.1) is 36.2 Å². The number of benzene rings is 2. The number of likely N-dealkylation sites (tertiary alicyclic amines) is 1. The number of halogens is 1. The van der Waals surface area contributed by atoms with Crippen LogP contribution in [0.4, 0.5) is 5.69 Å². The van der Waals surface area contributed by atoms with Crippen molar-refractivity contribution in [2.45, 2.75) is 31.0 Å². The number of carbonyl (C=O) groups is 4. The summed E-state index contributed by atoms with van der Waals surface area (Å²) >= 11 is 6.33. The molecule has 4 N–H and O–H groups in total. The van der Waals surface area contributed by atoms with E-state index >= 15 is 0 Å². The molecule has 0 bridgehead atoms. The highest BCUT2D eigenvalue weighted by Crippen LogP contribution is 2.54. The van der Waals surface area contributed by atoms with Crippen LogP contribution >= 0.6 is 11.6 Å². The Bertz CT molecular complexity index is 1220. The first kappa shape index (κ1) is 22.4. The standard InChI is InChI=1S/C24H23ClN4O5/c1-34-13-7-5-12(6-8-13)11-29-21(31)18-16(9-10-17(26)30)28-24(19(18)22(29)32)14-3-2-4-15(25)20(14)27-23(24)33/h2-8,16,18-19,28H,9-11H2,1H3,(H2,26,30)(H,27,33)/t16-,18-,19+,24-/m1/s1. The highest BCUT2D eigenvalue weighted by Gasteiger charge is 2.70. The van der Waals surface area contributed by atoms with Gasteiger partial charge in [-0.3, -0.25) is 29.4 Å². The van der Waals surface area contributed by atoms with Crippen LogP contribution in [0.5, 0.6) is 5.75 Å². The number of nitrogens with zero attached hydrogens (tertiary/aromatic N) is 1. The molecule has 0 aromatic heterocycles. The molecule has 34 heavy (non-hydrogen) atoms. The van der Waals surface area contributed by atoms with E-state index in [2.05, 4.69) is 10.6 Å². The van der Waals surface area contributed by atoms with Crippen LogP contribution in [-0.2, 0) is 31.3 Å². The third-order valence-corrected chi connectivity index (χ3v) is 7.31. The number of anilines is 1. The smallest absolute Gasteiger partial charge is 0.250 e. The Morgan fingerprint density at radius 1 is 1.15 bits per heavy atom. The van der Waals surface area contributed by atoms with Crippen molar-refractivity contribution in [2.24, 2.45) is 17.6 Å². The molecule has 5 rings (SSSR count). The number of primary amides is 1. The number of hydrogen-bond acceptors (Lipinski definition) is 6. The molecule has 4 amide bonds. The topological polar surface area (TPSA) is 131 Å². The number of fused-ring (bicyclic) bond motifs is 4. The molecular weight excluding hydrogens is 460 g/mol. The second-order valence-corrected chi connectivity index (χ2v) is 9.20. The van der Waals surface area contributed by atoms with Crippen molar-refractivity contribution < 1.29 is 23.9 Å². The molecule has 4 atom stereocenters. The van der Waals surface area contributed by atoms with Crippen LogP contribution < -0.4 is 21.1 Å². The zero-order valence-electron chi connectivity index (χ0n) is 18.3. The van der Waals surface area contributed by atoms with Crippen LogP contribution in [0, 0.1) is 11.8 Å². The fourth-order valence-corrected chi connectivity index (χ4v) is 5.69. The number of methoxy groups -OCH3 is 1. The Labute approximate surface area is 200 Å². The molecule has 2 aromatic carbocycles. The van der Waals surface area contributed by atoms with Crippen LogP contribution in [0.2, 0.25) is 5.02 Å². The summed E-state index contributed by atoms with van der Waals surface area (Å²) < 4.78 is 5.17. The van der Waals surface area contributed by atoms with Crippen molar-refractivity contribution in [3.8, 4) is 5.75 Å². The van der Waals surface area contributed by atoms with Crippen molar-refractivity contribution in [1.82, 2.24) is 10.2 Å². The van der Waals surface area contributed by atoms with E-state index in [-0.39, 0.29) is 25.3 Å². The molecule has 0 unspecified atom stereocenters. The molecule has 3 aliphatic rings. The molecular formula is C24H23ClN4O5. The molecule has 10 heteroatoms. The number of ether oxygens (including phenoxy) is 1. The quantitative estimate of drug-likeness (QED) is 0.535.